The molecule has 0 aliphatic heterocycles. The van der Waals surface area contributed by atoms with E-state index in [0.717, 1.165) is 122 Å². The van der Waals surface area contributed by atoms with Gasteiger partial charge in [-0.15, -0.1) is 0 Å². The molecule has 71 heavy (non-hydrogen) atoms. The van der Waals surface area contributed by atoms with Crippen molar-refractivity contribution in [2.24, 2.45) is 0 Å². The molecule has 0 amide bonds. The molecule has 0 aliphatic carbocycles. The van der Waals surface area contributed by atoms with Gasteiger partial charge in [0.1, 0.15) is 13.2 Å². The molecule has 0 radical (unpaired) electrons. The topological polar surface area (TPSA) is 78.9 Å². The van der Waals surface area contributed by atoms with Crippen molar-refractivity contribution in [1.82, 2.24) is 0 Å². The minimum atomic E-state index is -0.794. The first-order chi connectivity index (χ1) is 35.0. The highest BCUT2D eigenvalue weighted by atomic mass is 16.6. The predicted octanol–water partition coefficient (Wildman–Crippen LogP) is 20.3. The fourth-order valence-corrected chi connectivity index (χ4v) is 8.34. The highest BCUT2D eigenvalue weighted by Gasteiger charge is 2.19. The summed E-state index contributed by atoms with van der Waals surface area (Å²) in [6.45, 7) is 6.48. The summed E-state index contributed by atoms with van der Waals surface area (Å²) in [4.78, 5) is 38.2. The number of unbranched alkanes of at least 4 members (excludes halogenated alkanes) is 29. The Bertz CT molecular complexity index is 1370. The number of esters is 3. The molecule has 408 valence electrons. The third-order valence-electron chi connectivity index (χ3n) is 12.9. The lowest BCUT2D eigenvalue weighted by atomic mass is 10.0. The molecule has 6 heteroatoms. The van der Waals surface area contributed by atoms with Gasteiger partial charge < -0.3 is 14.2 Å². The highest BCUT2D eigenvalue weighted by Crippen LogP contribution is 2.15. The molecule has 0 aromatic heterocycles. The summed E-state index contributed by atoms with van der Waals surface area (Å²) < 4.78 is 16.9. The molecule has 0 saturated carbocycles. The van der Waals surface area contributed by atoms with Gasteiger partial charge in [-0.05, 0) is 116 Å². The van der Waals surface area contributed by atoms with E-state index in [2.05, 4.69) is 106 Å². The van der Waals surface area contributed by atoms with Crippen molar-refractivity contribution in [3.8, 4) is 0 Å². The number of rotatable bonds is 54. The third-order valence-corrected chi connectivity index (χ3v) is 12.9. The molecule has 0 rings (SSSR count). The van der Waals surface area contributed by atoms with Crippen LogP contribution in [-0.2, 0) is 28.6 Å². The molecule has 0 N–H and O–H groups in total. The van der Waals surface area contributed by atoms with Crippen molar-refractivity contribution in [2.45, 2.75) is 297 Å². The van der Waals surface area contributed by atoms with E-state index >= 15 is 0 Å². The molecule has 0 saturated heterocycles. The van der Waals surface area contributed by atoms with E-state index in [1.165, 1.54) is 128 Å². The number of hydrogen-bond acceptors (Lipinski definition) is 6. The Balaban J connectivity index is 4.41. The van der Waals surface area contributed by atoms with Crippen LogP contribution in [0, 0.1) is 0 Å². The minimum absolute atomic E-state index is 0.0915. The number of allylic oxidation sites excluding steroid dienone is 14. The maximum Gasteiger partial charge on any atom is 0.306 e. The molecular weight excluding hydrogens is 877 g/mol. The van der Waals surface area contributed by atoms with Gasteiger partial charge in [-0.3, -0.25) is 14.4 Å². The Morgan fingerprint density at radius 2 is 0.549 bits per heavy atom. The van der Waals surface area contributed by atoms with Crippen molar-refractivity contribution in [3.63, 3.8) is 0 Å². The maximum atomic E-state index is 12.9. The second-order valence-electron chi connectivity index (χ2n) is 19.9. The molecule has 0 unspecified atom stereocenters. The van der Waals surface area contributed by atoms with Gasteiger partial charge in [-0.2, -0.15) is 0 Å². The average Bonchev–Trinajstić information content (AvgIpc) is 3.37. The normalized spacial score (nSPS) is 12.7. The Morgan fingerprint density at radius 3 is 0.901 bits per heavy atom. The second kappa shape index (κ2) is 59.2. The van der Waals surface area contributed by atoms with E-state index < -0.39 is 6.10 Å². The Kier molecular flexibility index (Phi) is 56.3. The molecule has 0 aromatic carbocycles. The quantitative estimate of drug-likeness (QED) is 0.0261. The summed E-state index contributed by atoms with van der Waals surface area (Å²) >= 11 is 0. The molecule has 0 aliphatic rings. The van der Waals surface area contributed by atoms with Crippen LogP contribution in [0.1, 0.15) is 290 Å². The van der Waals surface area contributed by atoms with E-state index in [1.807, 2.05) is 0 Å². The number of carbonyl (C=O) groups is 3. The van der Waals surface area contributed by atoms with Gasteiger partial charge in [0.2, 0.25) is 0 Å². The summed E-state index contributed by atoms with van der Waals surface area (Å²) in [6.07, 6.45) is 77.2. The van der Waals surface area contributed by atoms with Crippen molar-refractivity contribution < 1.29 is 28.6 Å². The summed E-state index contributed by atoms with van der Waals surface area (Å²) in [5, 5.41) is 0. The maximum absolute atomic E-state index is 12.9. The smallest absolute Gasteiger partial charge is 0.306 e. The first-order valence-corrected chi connectivity index (χ1v) is 30.1. The molecule has 0 heterocycles. The van der Waals surface area contributed by atoms with Crippen LogP contribution in [0.4, 0.5) is 0 Å². The lowest BCUT2D eigenvalue weighted by Crippen LogP contribution is -2.30. The zero-order chi connectivity index (χ0) is 51.4. The van der Waals surface area contributed by atoms with Crippen LogP contribution in [0.25, 0.3) is 0 Å². The molecule has 0 aromatic rings. The Labute approximate surface area is 439 Å². The molecule has 0 fully saturated rings. The van der Waals surface area contributed by atoms with Crippen LogP contribution >= 0.6 is 0 Å². The zero-order valence-corrected chi connectivity index (χ0v) is 46.7. The lowest BCUT2D eigenvalue weighted by molar-refractivity contribution is -0.167. The Morgan fingerprint density at radius 1 is 0.296 bits per heavy atom. The van der Waals surface area contributed by atoms with Crippen LogP contribution in [0.2, 0.25) is 0 Å². The van der Waals surface area contributed by atoms with Gasteiger partial charge in [0.25, 0.3) is 0 Å². The summed E-state index contributed by atoms with van der Waals surface area (Å²) in [5.74, 6) is -0.921. The monoisotopic (exact) mass is 989 g/mol. The lowest BCUT2D eigenvalue weighted by Gasteiger charge is -2.18. The van der Waals surface area contributed by atoms with Crippen LogP contribution in [0.5, 0.6) is 0 Å². The van der Waals surface area contributed by atoms with Crippen LogP contribution in [0.3, 0.4) is 0 Å². The van der Waals surface area contributed by atoms with Gasteiger partial charge in [0.05, 0.1) is 0 Å². The summed E-state index contributed by atoms with van der Waals surface area (Å²) in [6, 6.07) is 0. The molecule has 6 nitrogen and oxygen atoms in total. The summed E-state index contributed by atoms with van der Waals surface area (Å²) in [5.41, 5.74) is 0. The fraction of sp³-hybridized carbons (Fsp3) is 0.738. The van der Waals surface area contributed by atoms with Gasteiger partial charge in [-0.25, -0.2) is 0 Å². The molecule has 0 spiro atoms. The Hall–Kier alpha value is -3.41. The van der Waals surface area contributed by atoms with Gasteiger partial charge in [-0.1, -0.05) is 241 Å². The van der Waals surface area contributed by atoms with E-state index in [1.54, 1.807) is 0 Å². The van der Waals surface area contributed by atoms with Crippen molar-refractivity contribution >= 4 is 17.9 Å². The number of carbonyl (C=O) groups excluding carboxylic acids is 3. The minimum Gasteiger partial charge on any atom is -0.462 e. The van der Waals surface area contributed by atoms with Crippen molar-refractivity contribution in [1.29, 1.82) is 0 Å². The predicted molar refractivity (Wildman–Crippen MR) is 307 cm³/mol. The third kappa shape index (κ3) is 57.4. The number of hydrogen-bond donors (Lipinski definition) is 0. The van der Waals surface area contributed by atoms with Crippen LogP contribution < -0.4 is 0 Å². The van der Waals surface area contributed by atoms with Crippen LogP contribution in [0.15, 0.2) is 85.1 Å². The SMILES string of the molecule is CC/C=C\C/C=C\C/C=C\C/C=C\CCCCCCC(=O)OC[C@H](COC(=O)CCCCCCC/C=C\C/C=C\CCCCC)OC(=O)CCCCCCCCCCCCC/C=C\CCCCCCCC. The largest absolute Gasteiger partial charge is 0.462 e. The van der Waals surface area contributed by atoms with Crippen LogP contribution in [-0.4, -0.2) is 37.2 Å². The molecule has 1 atom stereocenters. The standard InChI is InChI=1S/C65H112O6/c1-4-7-10-13-16-19-22-25-28-30-31-32-33-35-38-41-44-47-50-53-56-59-65(68)71-62(60-69-63(66)57-54-51-48-45-42-39-36-27-24-21-18-15-12-9-6-3)61-70-64(67)58-55-52-49-46-43-40-37-34-29-26-23-20-17-14-11-8-5-2/h8,11,17-18,20-21,25-29,36-37,40,62H,4-7,9-10,12-16,19,22-24,30-35,38-39,41-61H2,1-3H3/b11-8-,20-17-,21-18-,28-25-,29-26-,36-27-,40-37-/t62-/m0/s1. The first kappa shape index (κ1) is 67.6. The highest BCUT2D eigenvalue weighted by molar-refractivity contribution is 5.71. The summed E-state index contributed by atoms with van der Waals surface area (Å²) in [7, 11) is 0. The zero-order valence-electron chi connectivity index (χ0n) is 46.7. The number of ether oxygens (including phenoxy) is 3. The van der Waals surface area contributed by atoms with E-state index in [4.69, 9.17) is 14.2 Å². The van der Waals surface area contributed by atoms with E-state index in [9.17, 15) is 14.4 Å². The van der Waals surface area contributed by atoms with E-state index in [0.29, 0.717) is 19.3 Å². The van der Waals surface area contributed by atoms with Gasteiger partial charge in [0.15, 0.2) is 6.10 Å². The fourth-order valence-electron chi connectivity index (χ4n) is 8.34. The van der Waals surface area contributed by atoms with Gasteiger partial charge in [0, 0.05) is 19.3 Å². The molecule has 0 bridgehead atoms. The average molecular weight is 990 g/mol. The van der Waals surface area contributed by atoms with Gasteiger partial charge >= 0.3 is 17.9 Å². The van der Waals surface area contributed by atoms with Crippen molar-refractivity contribution in [2.75, 3.05) is 13.2 Å². The molecular formula is C65H112O6. The second-order valence-corrected chi connectivity index (χ2v) is 19.9. The first-order valence-electron chi connectivity index (χ1n) is 30.1. The van der Waals surface area contributed by atoms with Crippen molar-refractivity contribution in [3.05, 3.63) is 85.1 Å². The van der Waals surface area contributed by atoms with E-state index in [-0.39, 0.29) is 31.1 Å².